The zero-order chi connectivity index (χ0) is 28.4. The summed E-state index contributed by atoms with van der Waals surface area (Å²) in [6.45, 7) is 12.5. The minimum absolute atomic E-state index is 0.204. The maximum Gasteiger partial charge on any atom is 0.163 e. The number of benzene rings is 2. The molecule has 0 amide bonds. The highest BCUT2D eigenvalue weighted by Crippen LogP contribution is 2.12. The van der Waals surface area contributed by atoms with Crippen LogP contribution < -0.4 is 0 Å². The number of rotatable bonds is 18. The summed E-state index contributed by atoms with van der Waals surface area (Å²) < 4.78 is 0. The molecular formula is C34H48N4O2. The van der Waals surface area contributed by atoms with Gasteiger partial charge in [0.15, 0.2) is 11.6 Å². The second kappa shape index (κ2) is 18.4. The van der Waals surface area contributed by atoms with Gasteiger partial charge in [0, 0.05) is 86.8 Å². The van der Waals surface area contributed by atoms with E-state index < -0.39 is 0 Å². The number of ketones is 2. The third-order valence-electron chi connectivity index (χ3n) is 7.43. The largest absolute Gasteiger partial charge is 0.301 e. The summed E-state index contributed by atoms with van der Waals surface area (Å²) in [5, 5.41) is 0. The average molecular weight is 545 g/mol. The Labute approximate surface area is 241 Å². The Morgan fingerprint density at radius 3 is 1.45 bits per heavy atom. The van der Waals surface area contributed by atoms with Crippen LogP contribution in [-0.4, -0.2) is 86.2 Å². The first-order valence-electron chi connectivity index (χ1n) is 15.3. The van der Waals surface area contributed by atoms with E-state index in [9.17, 15) is 9.59 Å². The summed E-state index contributed by atoms with van der Waals surface area (Å²) in [7, 11) is 0. The lowest BCUT2D eigenvalue weighted by molar-refractivity contribution is 0.0973. The Morgan fingerprint density at radius 1 is 0.650 bits per heavy atom. The molecule has 40 heavy (non-hydrogen) atoms. The Morgan fingerprint density at radius 2 is 1.05 bits per heavy atom. The fourth-order valence-electron chi connectivity index (χ4n) is 5.09. The van der Waals surface area contributed by atoms with Crippen LogP contribution in [0.2, 0.25) is 0 Å². The van der Waals surface area contributed by atoms with Gasteiger partial charge in [-0.2, -0.15) is 0 Å². The topological polar surface area (TPSA) is 65.3 Å². The molecule has 0 bridgehead atoms. The van der Waals surface area contributed by atoms with Crippen LogP contribution in [-0.2, 0) is 0 Å². The lowest BCUT2D eigenvalue weighted by Gasteiger charge is -2.34. The maximum atomic E-state index is 12.3. The highest BCUT2D eigenvalue weighted by molar-refractivity contribution is 6.04. The lowest BCUT2D eigenvalue weighted by atomic mass is 10.0. The van der Waals surface area contributed by atoms with Crippen LogP contribution in [0.4, 0.5) is 0 Å². The van der Waals surface area contributed by atoms with Crippen LogP contribution in [0.1, 0.15) is 97.1 Å². The number of Topliss-reactive ketones (excluding diaryl/α,β-unsaturated/α-hetero) is 2. The first-order valence-corrected chi connectivity index (χ1v) is 15.3. The number of aliphatic imine (C=N–C) groups is 2. The molecule has 0 spiro atoms. The highest BCUT2D eigenvalue weighted by Gasteiger charge is 2.16. The Hall–Kier alpha value is -2.96. The number of unbranched alkanes of at least 4 members (excludes halogenated alkanes) is 2. The Kier molecular flexibility index (Phi) is 14.5. The third-order valence-corrected chi connectivity index (χ3v) is 7.43. The number of nitrogens with zero attached hydrogens (tertiary/aromatic N) is 4. The second-order valence-corrected chi connectivity index (χ2v) is 10.7. The van der Waals surface area contributed by atoms with Crippen molar-refractivity contribution < 1.29 is 9.59 Å². The summed E-state index contributed by atoms with van der Waals surface area (Å²) in [5.74, 6) is 0.408. The van der Waals surface area contributed by atoms with E-state index in [1.807, 2.05) is 74.8 Å². The quantitative estimate of drug-likeness (QED) is 0.124. The number of carbonyl (C=O) groups excluding carboxylic acids is 2. The monoisotopic (exact) mass is 544 g/mol. The fraction of sp³-hybridized carbons (Fsp3) is 0.529. The zero-order valence-electron chi connectivity index (χ0n) is 24.7. The molecule has 0 aliphatic carbocycles. The van der Waals surface area contributed by atoms with E-state index in [1.54, 1.807) is 0 Å². The first kappa shape index (κ1) is 31.6. The number of carbonyl (C=O) groups is 2. The van der Waals surface area contributed by atoms with Crippen molar-refractivity contribution in [3.8, 4) is 0 Å². The van der Waals surface area contributed by atoms with Crippen LogP contribution in [0.25, 0.3) is 0 Å². The summed E-state index contributed by atoms with van der Waals surface area (Å²) >= 11 is 0. The molecule has 0 unspecified atom stereocenters. The van der Waals surface area contributed by atoms with Gasteiger partial charge < -0.3 is 9.80 Å². The maximum absolute atomic E-state index is 12.3. The van der Waals surface area contributed by atoms with Crippen molar-refractivity contribution in [2.24, 2.45) is 9.98 Å². The molecule has 1 saturated heterocycles. The van der Waals surface area contributed by atoms with Gasteiger partial charge in [0.1, 0.15) is 0 Å². The SMILES string of the molecule is CCCC(=O)c1ccccc1C=NCCCCN1CCN(CCCCN=Cc2ccccc2C(=O)CCC)CC1. The molecule has 0 N–H and O–H groups in total. The third kappa shape index (κ3) is 10.9. The number of hydrogen-bond donors (Lipinski definition) is 0. The molecule has 0 aromatic heterocycles. The smallest absolute Gasteiger partial charge is 0.163 e. The molecule has 6 heteroatoms. The van der Waals surface area contributed by atoms with Gasteiger partial charge in [0.2, 0.25) is 0 Å². The van der Waals surface area contributed by atoms with Gasteiger partial charge in [0.05, 0.1) is 0 Å². The summed E-state index contributed by atoms with van der Waals surface area (Å²) in [6.07, 6.45) is 11.1. The molecule has 1 aliphatic heterocycles. The zero-order valence-corrected chi connectivity index (χ0v) is 24.7. The molecule has 1 fully saturated rings. The van der Waals surface area contributed by atoms with Gasteiger partial charge in [-0.25, -0.2) is 0 Å². The van der Waals surface area contributed by atoms with E-state index in [0.29, 0.717) is 12.8 Å². The fourth-order valence-corrected chi connectivity index (χ4v) is 5.09. The molecule has 1 heterocycles. The lowest BCUT2D eigenvalue weighted by Crippen LogP contribution is -2.46. The Balaban J connectivity index is 1.25. The molecular weight excluding hydrogens is 496 g/mol. The second-order valence-electron chi connectivity index (χ2n) is 10.7. The van der Waals surface area contributed by atoms with Crippen LogP contribution in [0.3, 0.4) is 0 Å². The Bertz CT molecular complexity index is 1020. The predicted molar refractivity (Wildman–Crippen MR) is 168 cm³/mol. The van der Waals surface area contributed by atoms with Gasteiger partial charge in [-0.05, 0) is 51.6 Å². The molecule has 0 saturated carbocycles. The van der Waals surface area contributed by atoms with Crippen molar-refractivity contribution in [2.45, 2.75) is 65.2 Å². The van der Waals surface area contributed by atoms with Crippen molar-refractivity contribution in [1.29, 1.82) is 0 Å². The normalized spacial score (nSPS) is 14.8. The van der Waals surface area contributed by atoms with Gasteiger partial charge in [-0.3, -0.25) is 19.6 Å². The van der Waals surface area contributed by atoms with Gasteiger partial charge in [-0.15, -0.1) is 0 Å². The van der Waals surface area contributed by atoms with E-state index in [4.69, 9.17) is 0 Å². The molecule has 1 aliphatic rings. The molecule has 0 radical (unpaired) electrons. The van der Waals surface area contributed by atoms with E-state index in [-0.39, 0.29) is 11.6 Å². The van der Waals surface area contributed by atoms with E-state index in [0.717, 1.165) is 113 Å². The summed E-state index contributed by atoms with van der Waals surface area (Å²) in [5.41, 5.74) is 3.46. The summed E-state index contributed by atoms with van der Waals surface area (Å²) in [4.78, 5) is 39.0. The molecule has 2 aromatic carbocycles. The highest BCUT2D eigenvalue weighted by atomic mass is 16.1. The van der Waals surface area contributed by atoms with Crippen molar-refractivity contribution in [1.82, 2.24) is 9.80 Å². The minimum Gasteiger partial charge on any atom is -0.301 e. The van der Waals surface area contributed by atoms with Crippen molar-refractivity contribution in [3.63, 3.8) is 0 Å². The standard InChI is InChI=1S/C34H48N4O2/c1-3-13-33(39)31-17-7-5-15-29(31)27-35-19-9-11-21-37-23-25-38(26-24-37)22-12-10-20-36-28-30-16-6-8-18-32(30)34(40)14-4-2/h5-8,15-18,27-28H,3-4,9-14,19-26H2,1-2H3. The van der Waals surface area contributed by atoms with Crippen LogP contribution in [0.5, 0.6) is 0 Å². The molecule has 6 nitrogen and oxygen atoms in total. The molecule has 216 valence electrons. The number of hydrogen-bond acceptors (Lipinski definition) is 6. The van der Waals surface area contributed by atoms with Crippen LogP contribution in [0, 0.1) is 0 Å². The summed E-state index contributed by atoms with van der Waals surface area (Å²) in [6, 6.07) is 15.6. The van der Waals surface area contributed by atoms with Crippen molar-refractivity contribution in [2.75, 3.05) is 52.4 Å². The van der Waals surface area contributed by atoms with E-state index >= 15 is 0 Å². The average Bonchev–Trinajstić information content (AvgIpc) is 2.98. The van der Waals surface area contributed by atoms with Crippen LogP contribution in [0.15, 0.2) is 58.5 Å². The van der Waals surface area contributed by atoms with Crippen molar-refractivity contribution >= 4 is 24.0 Å². The van der Waals surface area contributed by atoms with Gasteiger partial charge >= 0.3 is 0 Å². The van der Waals surface area contributed by atoms with Gasteiger partial charge in [0.25, 0.3) is 0 Å². The minimum atomic E-state index is 0.204. The van der Waals surface area contributed by atoms with Crippen LogP contribution >= 0.6 is 0 Å². The van der Waals surface area contributed by atoms with E-state index in [2.05, 4.69) is 19.8 Å². The van der Waals surface area contributed by atoms with E-state index in [1.165, 1.54) is 0 Å². The molecule has 2 aromatic rings. The molecule has 3 rings (SSSR count). The number of piperazine rings is 1. The van der Waals surface area contributed by atoms with Gasteiger partial charge in [-0.1, -0.05) is 62.4 Å². The predicted octanol–water partition coefficient (Wildman–Crippen LogP) is 6.37. The van der Waals surface area contributed by atoms with Crippen molar-refractivity contribution in [3.05, 3.63) is 70.8 Å². The first-order chi connectivity index (χ1) is 19.6. The molecule has 0 atom stereocenters.